The minimum Gasteiger partial charge on any atom is -0.354 e. The number of nitrogens with zero attached hydrogens (tertiary/aromatic N) is 1. The van der Waals surface area contributed by atoms with Gasteiger partial charge in [-0.25, -0.2) is 0 Å². The Bertz CT molecular complexity index is 539. The maximum Gasteiger partial charge on any atom is 0.230 e. The van der Waals surface area contributed by atoms with E-state index in [1.807, 2.05) is 52.0 Å². The molecule has 21 heavy (non-hydrogen) atoms. The molecule has 1 aliphatic rings. The van der Waals surface area contributed by atoms with Crippen LogP contribution in [0.15, 0.2) is 24.3 Å². The van der Waals surface area contributed by atoms with E-state index in [2.05, 4.69) is 5.32 Å². The Kier molecular flexibility index (Phi) is 4.66. The van der Waals surface area contributed by atoms with Crippen LogP contribution in [0.2, 0.25) is 0 Å². The Labute approximate surface area is 126 Å². The van der Waals surface area contributed by atoms with Gasteiger partial charge in [0.25, 0.3) is 0 Å². The zero-order valence-electron chi connectivity index (χ0n) is 13.2. The maximum absolute atomic E-state index is 12.6. The van der Waals surface area contributed by atoms with E-state index >= 15 is 0 Å². The summed E-state index contributed by atoms with van der Waals surface area (Å²) in [4.78, 5) is 26.3. The van der Waals surface area contributed by atoms with Gasteiger partial charge in [-0.15, -0.1) is 0 Å². The number of carbonyl (C=O) groups excluding carboxylic acids is 2. The predicted molar refractivity (Wildman–Crippen MR) is 84.1 cm³/mol. The van der Waals surface area contributed by atoms with E-state index in [1.165, 1.54) is 0 Å². The molecule has 1 aromatic carbocycles. The quantitative estimate of drug-likeness (QED) is 0.905. The molecule has 1 saturated carbocycles. The van der Waals surface area contributed by atoms with Crippen LogP contribution in [-0.2, 0) is 9.59 Å². The number of aryl methyl sites for hydroxylation is 1. The summed E-state index contributed by atoms with van der Waals surface area (Å²) in [5, 5.41) is 2.89. The summed E-state index contributed by atoms with van der Waals surface area (Å²) in [5.74, 6) is -0.251. The highest BCUT2D eigenvalue weighted by molar-refractivity contribution is 6.01. The molecule has 1 aromatic rings. The lowest BCUT2D eigenvalue weighted by Gasteiger charge is -2.21. The van der Waals surface area contributed by atoms with Crippen LogP contribution in [0.4, 0.5) is 5.69 Å². The van der Waals surface area contributed by atoms with Gasteiger partial charge in [-0.05, 0) is 51.8 Å². The minimum absolute atomic E-state index is 0.00338. The normalized spacial score (nSPS) is 20.2. The van der Waals surface area contributed by atoms with Crippen molar-refractivity contribution < 1.29 is 9.59 Å². The second-order valence-electron chi connectivity index (χ2n) is 6.03. The van der Waals surface area contributed by atoms with Crippen molar-refractivity contribution in [2.75, 3.05) is 11.4 Å². The van der Waals surface area contributed by atoms with Crippen LogP contribution in [0.1, 0.15) is 32.8 Å². The molecule has 1 aliphatic carbocycles. The van der Waals surface area contributed by atoms with Crippen LogP contribution in [0.25, 0.3) is 0 Å². The molecule has 0 aliphatic heterocycles. The monoisotopic (exact) mass is 288 g/mol. The standard InChI is InChI=1S/C17H24N2O2/c1-5-19(13-8-6-7-12(4)9-13)17(21)15-10-14(15)16(20)18-11(2)3/h6-9,11,14-15H,5,10H2,1-4H3,(H,18,20). The van der Waals surface area contributed by atoms with Gasteiger partial charge in [-0.1, -0.05) is 12.1 Å². The molecule has 0 radical (unpaired) electrons. The first-order valence-corrected chi connectivity index (χ1v) is 7.62. The van der Waals surface area contributed by atoms with Crippen LogP contribution in [0.5, 0.6) is 0 Å². The number of amides is 2. The van der Waals surface area contributed by atoms with Crippen LogP contribution < -0.4 is 10.2 Å². The van der Waals surface area contributed by atoms with E-state index < -0.39 is 0 Å². The summed E-state index contributed by atoms with van der Waals surface area (Å²) in [6.45, 7) is 8.46. The fourth-order valence-electron chi connectivity index (χ4n) is 2.61. The molecule has 4 nitrogen and oxygen atoms in total. The average molecular weight is 288 g/mol. The highest BCUT2D eigenvalue weighted by Gasteiger charge is 2.49. The molecule has 0 heterocycles. The first-order valence-electron chi connectivity index (χ1n) is 7.62. The molecule has 0 aromatic heterocycles. The zero-order valence-corrected chi connectivity index (χ0v) is 13.2. The van der Waals surface area contributed by atoms with Gasteiger partial charge >= 0.3 is 0 Å². The summed E-state index contributed by atoms with van der Waals surface area (Å²) in [5.41, 5.74) is 2.04. The lowest BCUT2D eigenvalue weighted by atomic mass is 10.2. The molecule has 1 fully saturated rings. The molecule has 1 N–H and O–H groups in total. The minimum atomic E-state index is -0.163. The van der Waals surface area contributed by atoms with Crippen molar-refractivity contribution in [3.8, 4) is 0 Å². The number of anilines is 1. The fourth-order valence-corrected chi connectivity index (χ4v) is 2.61. The van der Waals surface area contributed by atoms with Crippen LogP contribution in [0, 0.1) is 18.8 Å². The third-order valence-electron chi connectivity index (χ3n) is 3.77. The van der Waals surface area contributed by atoms with E-state index in [9.17, 15) is 9.59 Å². The highest BCUT2D eigenvalue weighted by Crippen LogP contribution is 2.41. The SMILES string of the molecule is CCN(C(=O)C1CC1C(=O)NC(C)C)c1cccc(C)c1. The van der Waals surface area contributed by atoms with E-state index in [1.54, 1.807) is 4.90 Å². The number of nitrogens with one attached hydrogen (secondary N) is 1. The molecule has 2 atom stereocenters. The van der Waals surface area contributed by atoms with Gasteiger partial charge < -0.3 is 10.2 Å². The van der Waals surface area contributed by atoms with Crippen LogP contribution in [-0.4, -0.2) is 24.4 Å². The van der Waals surface area contributed by atoms with Gasteiger partial charge in [0.15, 0.2) is 0 Å². The second-order valence-corrected chi connectivity index (χ2v) is 6.03. The Morgan fingerprint density at radius 3 is 2.62 bits per heavy atom. The van der Waals surface area contributed by atoms with Crippen molar-refractivity contribution in [1.82, 2.24) is 5.32 Å². The van der Waals surface area contributed by atoms with Gasteiger partial charge in [0.1, 0.15) is 0 Å². The zero-order chi connectivity index (χ0) is 15.6. The lowest BCUT2D eigenvalue weighted by molar-refractivity contribution is -0.126. The Hall–Kier alpha value is -1.84. The largest absolute Gasteiger partial charge is 0.354 e. The fraction of sp³-hybridized carbons (Fsp3) is 0.529. The summed E-state index contributed by atoms with van der Waals surface area (Å²) < 4.78 is 0. The summed E-state index contributed by atoms with van der Waals surface area (Å²) in [7, 11) is 0. The first kappa shape index (κ1) is 15.5. The van der Waals surface area contributed by atoms with Crippen molar-refractivity contribution in [2.45, 2.75) is 40.2 Å². The van der Waals surface area contributed by atoms with Crippen molar-refractivity contribution in [2.24, 2.45) is 11.8 Å². The maximum atomic E-state index is 12.6. The van der Waals surface area contributed by atoms with Gasteiger partial charge in [0.05, 0.1) is 11.8 Å². The first-order chi connectivity index (χ1) is 9.93. The summed E-state index contributed by atoms with van der Waals surface area (Å²) in [6.07, 6.45) is 0.666. The Balaban J connectivity index is 2.04. The van der Waals surface area contributed by atoms with E-state index in [-0.39, 0.29) is 29.7 Å². The van der Waals surface area contributed by atoms with Crippen molar-refractivity contribution in [3.05, 3.63) is 29.8 Å². The number of hydrogen-bond donors (Lipinski definition) is 1. The van der Waals surface area contributed by atoms with Crippen molar-refractivity contribution in [3.63, 3.8) is 0 Å². The molecule has 0 saturated heterocycles. The third kappa shape index (κ3) is 3.63. The van der Waals surface area contributed by atoms with Gasteiger partial charge in [0.2, 0.25) is 11.8 Å². The molecule has 0 bridgehead atoms. The lowest BCUT2D eigenvalue weighted by Crippen LogP contribution is -2.36. The number of rotatable bonds is 5. The van der Waals surface area contributed by atoms with E-state index in [0.717, 1.165) is 11.3 Å². The number of carbonyl (C=O) groups is 2. The van der Waals surface area contributed by atoms with Crippen molar-refractivity contribution >= 4 is 17.5 Å². The third-order valence-corrected chi connectivity index (χ3v) is 3.77. The molecule has 2 unspecified atom stereocenters. The van der Waals surface area contributed by atoms with Crippen molar-refractivity contribution in [1.29, 1.82) is 0 Å². The van der Waals surface area contributed by atoms with Crippen LogP contribution in [0.3, 0.4) is 0 Å². The van der Waals surface area contributed by atoms with Gasteiger partial charge in [0, 0.05) is 18.3 Å². The molecular weight excluding hydrogens is 264 g/mol. The number of hydrogen-bond acceptors (Lipinski definition) is 2. The molecule has 2 rings (SSSR count). The molecule has 114 valence electrons. The van der Waals surface area contributed by atoms with Crippen LogP contribution >= 0.6 is 0 Å². The Morgan fingerprint density at radius 1 is 1.33 bits per heavy atom. The van der Waals surface area contributed by atoms with E-state index in [4.69, 9.17) is 0 Å². The molecule has 4 heteroatoms. The highest BCUT2D eigenvalue weighted by atomic mass is 16.2. The van der Waals surface area contributed by atoms with Gasteiger partial charge in [-0.2, -0.15) is 0 Å². The predicted octanol–water partition coefficient (Wildman–Crippen LogP) is 2.51. The Morgan fingerprint density at radius 2 is 2.05 bits per heavy atom. The van der Waals surface area contributed by atoms with Gasteiger partial charge in [-0.3, -0.25) is 9.59 Å². The summed E-state index contributed by atoms with van der Waals surface area (Å²) in [6, 6.07) is 8.04. The smallest absolute Gasteiger partial charge is 0.230 e. The topological polar surface area (TPSA) is 49.4 Å². The average Bonchev–Trinajstić information content (AvgIpc) is 3.19. The molecule has 2 amide bonds. The summed E-state index contributed by atoms with van der Waals surface area (Å²) >= 11 is 0. The van der Waals surface area contributed by atoms with E-state index in [0.29, 0.717) is 13.0 Å². The molecule has 0 spiro atoms. The second kappa shape index (κ2) is 6.29. The molecular formula is C17H24N2O2. The number of benzene rings is 1.